The van der Waals surface area contributed by atoms with Crippen LogP contribution in [-0.4, -0.2) is 16.1 Å². The molecule has 1 unspecified atom stereocenters. The summed E-state index contributed by atoms with van der Waals surface area (Å²) >= 11 is 0. The Hall–Kier alpha value is 0.177. The van der Waals surface area contributed by atoms with Crippen LogP contribution in [-0.2, 0) is 4.43 Å². The van der Waals surface area contributed by atoms with E-state index in [1.807, 2.05) is 0 Å². The molecule has 0 aliphatic carbocycles. The maximum Gasteiger partial charge on any atom is 0.146 e. The van der Waals surface area contributed by atoms with Crippen LogP contribution in [0.2, 0.25) is 0 Å². The molecule has 0 aromatic carbocycles. The van der Waals surface area contributed by atoms with Crippen LogP contribution < -0.4 is 0 Å². The molecule has 0 aromatic heterocycles. The van der Waals surface area contributed by atoms with Gasteiger partial charge in [-0.1, -0.05) is 20.8 Å². The molecule has 2 heteroatoms. The molecule has 0 aliphatic rings. The summed E-state index contributed by atoms with van der Waals surface area (Å²) < 4.78 is 5.50. The largest absolute Gasteiger partial charge is 0.423 e. The normalized spacial score (nSPS) is 16.2. The first-order valence-electron chi connectivity index (χ1n) is 3.97. The van der Waals surface area contributed by atoms with E-state index in [0.717, 1.165) is 10.5 Å². The zero-order chi connectivity index (χ0) is 8.36. The van der Waals surface area contributed by atoms with Crippen LogP contribution in [0.25, 0.3) is 0 Å². The van der Waals surface area contributed by atoms with Crippen molar-refractivity contribution in [2.75, 3.05) is 0 Å². The Kier molecular flexibility index (Phi) is 3.60. The molecule has 0 heterocycles. The average Bonchev–Trinajstić information content (AvgIpc) is 1.86. The van der Waals surface area contributed by atoms with Crippen molar-refractivity contribution in [1.82, 2.24) is 0 Å². The van der Waals surface area contributed by atoms with Crippen molar-refractivity contribution < 1.29 is 4.43 Å². The van der Waals surface area contributed by atoms with Crippen LogP contribution >= 0.6 is 0 Å². The smallest absolute Gasteiger partial charge is 0.146 e. The minimum Gasteiger partial charge on any atom is -0.423 e. The van der Waals surface area contributed by atoms with Gasteiger partial charge in [-0.05, 0) is 25.7 Å². The van der Waals surface area contributed by atoms with Gasteiger partial charge in [-0.25, -0.2) is 0 Å². The van der Waals surface area contributed by atoms with E-state index in [-0.39, 0.29) is 5.60 Å². The molecule has 62 valence electrons. The molecule has 1 nitrogen and oxygen atoms in total. The van der Waals surface area contributed by atoms with Crippen molar-refractivity contribution in [3.8, 4) is 0 Å². The summed E-state index contributed by atoms with van der Waals surface area (Å²) in [5, 5.41) is 0. The highest BCUT2D eigenvalue weighted by Crippen LogP contribution is 2.26. The predicted molar refractivity (Wildman–Crippen MR) is 49.1 cm³/mol. The lowest BCUT2D eigenvalue weighted by Crippen LogP contribution is -2.34. The van der Waals surface area contributed by atoms with Gasteiger partial charge in [-0.3, -0.25) is 0 Å². The fourth-order valence-electron chi connectivity index (χ4n) is 0.989. The van der Waals surface area contributed by atoms with Crippen molar-refractivity contribution in [2.24, 2.45) is 11.8 Å². The maximum absolute atomic E-state index is 5.50. The number of rotatable bonds is 3. The van der Waals surface area contributed by atoms with Gasteiger partial charge in [0.25, 0.3) is 0 Å². The molecule has 10 heavy (non-hydrogen) atoms. The zero-order valence-corrected chi connectivity index (χ0v) is 10.1. The van der Waals surface area contributed by atoms with Gasteiger partial charge >= 0.3 is 0 Å². The van der Waals surface area contributed by atoms with Gasteiger partial charge in [-0.15, -0.1) is 0 Å². The maximum atomic E-state index is 5.50. The summed E-state index contributed by atoms with van der Waals surface area (Å²) in [5.74, 6) is 1.36. The van der Waals surface area contributed by atoms with Gasteiger partial charge in [0.2, 0.25) is 0 Å². The summed E-state index contributed by atoms with van der Waals surface area (Å²) in [6, 6.07) is 0. The Labute approximate surface area is 67.7 Å². The van der Waals surface area contributed by atoms with Crippen LogP contribution in [0.4, 0.5) is 0 Å². The second-order valence-corrected chi connectivity index (χ2v) is 4.25. The Morgan fingerprint density at radius 3 is 1.70 bits per heavy atom. The third-order valence-electron chi connectivity index (χ3n) is 2.62. The van der Waals surface area contributed by atoms with Crippen molar-refractivity contribution in [3.05, 3.63) is 0 Å². The van der Waals surface area contributed by atoms with E-state index in [2.05, 4.69) is 34.6 Å². The van der Waals surface area contributed by atoms with Gasteiger partial charge < -0.3 is 4.43 Å². The Morgan fingerprint density at radius 2 is 1.60 bits per heavy atom. The summed E-state index contributed by atoms with van der Waals surface area (Å²) in [7, 11) is 0.841. The van der Waals surface area contributed by atoms with E-state index in [1.54, 1.807) is 0 Å². The van der Waals surface area contributed by atoms with Gasteiger partial charge in [0, 0.05) is 0 Å². The molecule has 0 N–H and O–H groups in total. The van der Waals surface area contributed by atoms with E-state index >= 15 is 0 Å². The van der Waals surface area contributed by atoms with Crippen LogP contribution in [0, 0.1) is 11.8 Å². The second-order valence-electron chi connectivity index (χ2n) is 3.84. The molecule has 0 aromatic rings. The monoisotopic (exact) mass is 160 g/mol. The Bertz CT molecular complexity index is 99.4. The lowest BCUT2D eigenvalue weighted by Gasteiger charge is -2.33. The quantitative estimate of drug-likeness (QED) is 0.566. The lowest BCUT2D eigenvalue weighted by molar-refractivity contribution is 0.0389. The molecule has 0 rings (SSSR count). The average molecular weight is 160 g/mol. The third-order valence-corrected chi connectivity index (χ3v) is 3.67. The second kappa shape index (κ2) is 3.53. The fraction of sp³-hybridized carbons (Fsp3) is 1.00. The van der Waals surface area contributed by atoms with Crippen molar-refractivity contribution >= 4 is 10.5 Å². The van der Waals surface area contributed by atoms with Crippen LogP contribution in [0.5, 0.6) is 0 Å². The molecule has 0 saturated carbocycles. The van der Waals surface area contributed by atoms with Gasteiger partial charge in [0.1, 0.15) is 10.5 Å². The highest BCUT2D eigenvalue weighted by Gasteiger charge is 2.26. The molecule has 0 radical (unpaired) electrons. The van der Waals surface area contributed by atoms with Crippen LogP contribution in [0.3, 0.4) is 0 Å². The van der Waals surface area contributed by atoms with Crippen molar-refractivity contribution in [1.29, 1.82) is 0 Å². The Morgan fingerprint density at radius 1 is 1.20 bits per heavy atom. The van der Waals surface area contributed by atoms with E-state index in [4.69, 9.17) is 4.43 Å². The first-order valence-corrected chi connectivity index (χ1v) is 4.78. The van der Waals surface area contributed by atoms with Gasteiger partial charge in [0.15, 0.2) is 0 Å². The molecule has 0 aliphatic heterocycles. The topological polar surface area (TPSA) is 9.23 Å². The highest BCUT2D eigenvalue weighted by molar-refractivity contribution is 5.98. The fourth-order valence-corrected chi connectivity index (χ4v) is 1.36. The van der Waals surface area contributed by atoms with E-state index in [1.165, 1.54) is 0 Å². The molecule has 0 bridgehead atoms. The van der Waals surface area contributed by atoms with Crippen LogP contribution in [0.1, 0.15) is 34.6 Å². The van der Waals surface area contributed by atoms with Crippen molar-refractivity contribution in [2.45, 2.75) is 40.2 Å². The molecule has 1 atom stereocenters. The van der Waals surface area contributed by atoms with E-state index in [0.29, 0.717) is 11.8 Å². The van der Waals surface area contributed by atoms with E-state index in [9.17, 15) is 0 Å². The third kappa shape index (κ3) is 2.43. The first kappa shape index (κ1) is 10.2. The SMILES string of the molecule is CC(C)C(C)C(C)(C)O[SiH3]. The predicted octanol–water partition coefficient (Wildman–Crippen LogP) is 1.35. The summed E-state index contributed by atoms with van der Waals surface area (Å²) in [6.45, 7) is 11.1. The zero-order valence-electron chi connectivity index (χ0n) is 8.06. The number of hydrogen-bond acceptors (Lipinski definition) is 1. The highest BCUT2D eigenvalue weighted by atomic mass is 28.2. The summed E-state index contributed by atoms with van der Waals surface area (Å²) in [4.78, 5) is 0. The number of hydrogen-bond donors (Lipinski definition) is 0. The van der Waals surface area contributed by atoms with Crippen molar-refractivity contribution in [3.63, 3.8) is 0 Å². The molecule has 0 saturated heterocycles. The summed E-state index contributed by atoms with van der Waals surface area (Å²) in [6.07, 6.45) is 0. The molecule has 0 spiro atoms. The minimum atomic E-state index is 0.0837. The standard InChI is InChI=1S/C8H20OSi/c1-6(2)7(3)8(4,5)9-10/h6-7H,1-5,10H3. The molecular formula is C8H20OSi. The molecular weight excluding hydrogens is 140 g/mol. The Balaban J connectivity index is 4.03. The minimum absolute atomic E-state index is 0.0837. The van der Waals surface area contributed by atoms with E-state index < -0.39 is 0 Å². The van der Waals surface area contributed by atoms with Gasteiger partial charge in [0.05, 0.1) is 5.60 Å². The lowest BCUT2D eigenvalue weighted by atomic mass is 9.84. The van der Waals surface area contributed by atoms with Gasteiger partial charge in [-0.2, -0.15) is 0 Å². The summed E-state index contributed by atoms with van der Waals surface area (Å²) in [5.41, 5.74) is 0.0837. The molecule has 0 amide bonds. The van der Waals surface area contributed by atoms with Crippen LogP contribution in [0.15, 0.2) is 0 Å². The first-order chi connectivity index (χ1) is 4.41. The molecule has 0 fully saturated rings.